The molecule has 0 spiro atoms. The molecule has 1 amide bonds. The number of hydrogen-bond donors (Lipinski definition) is 1. The van der Waals surface area contributed by atoms with Gasteiger partial charge in [0.1, 0.15) is 6.61 Å². The molecule has 0 radical (unpaired) electrons. The SMILES string of the molecule is CCCCCNC(=O)c1cc(OCc2ccccc2)no1. The number of aromatic nitrogens is 1. The smallest absolute Gasteiger partial charge is 0.290 e. The summed E-state index contributed by atoms with van der Waals surface area (Å²) in [6, 6.07) is 11.3. The Morgan fingerprint density at radius 1 is 1.29 bits per heavy atom. The van der Waals surface area contributed by atoms with E-state index in [4.69, 9.17) is 9.26 Å². The molecule has 0 saturated carbocycles. The zero-order chi connectivity index (χ0) is 14.9. The first-order valence-electron chi connectivity index (χ1n) is 7.21. The third kappa shape index (κ3) is 4.95. The van der Waals surface area contributed by atoms with Crippen LogP contribution in [0, 0.1) is 0 Å². The second-order valence-electron chi connectivity index (χ2n) is 4.77. The number of unbranched alkanes of at least 4 members (excludes halogenated alkanes) is 2. The van der Waals surface area contributed by atoms with E-state index in [1.807, 2.05) is 30.3 Å². The number of carbonyl (C=O) groups excluding carboxylic acids is 1. The van der Waals surface area contributed by atoms with Crippen molar-refractivity contribution in [1.29, 1.82) is 0 Å². The lowest BCUT2D eigenvalue weighted by atomic mass is 10.2. The summed E-state index contributed by atoms with van der Waals surface area (Å²) < 4.78 is 10.5. The summed E-state index contributed by atoms with van der Waals surface area (Å²) in [6.45, 7) is 3.16. The Kier molecular flexibility index (Phi) is 5.82. The number of ether oxygens (including phenoxy) is 1. The first kappa shape index (κ1) is 15.1. The Bertz CT molecular complexity index is 552. The topological polar surface area (TPSA) is 64.4 Å². The summed E-state index contributed by atoms with van der Waals surface area (Å²) in [5.74, 6) is 0.236. The molecular formula is C16H20N2O3. The monoisotopic (exact) mass is 288 g/mol. The minimum absolute atomic E-state index is 0.176. The molecule has 2 rings (SSSR count). The zero-order valence-electron chi connectivity index (χ0n) is 12.2. The van der Waals surface area contributed by atoms with Crippen molar-refractivity contribution in [3.8, 4) is 5.88 Å². The van der Waals surface area contributed by atoms with Gasteiger partial charge in [0.15, 0.2) is 0 Å². The van der Waals surface area contributed by atoms with Gasteiger partial charge in [0, 0.05) is 6.54 Å². The Hall–Kier alpha value is -2.30. The maximum Gasteiger partial charge on any atom is 0.290 e. The Labute approximate surface area is 124 Å². The number of rotatable bonds is 8. The molecule has 0 atom stereocenters. The number of nitrogens with one attached hydrogen (secondary N) is 1. The van der Waals surface area contributed by atoms with Crippen LogP contribution in [0.2, 0.25) is 0 Å². The summed E-state index contributed by atoms with van der Waals surface area (Å²) >= 11 is 0. The van der Waals surface area contributed by atoms with Crippen molar-refractivity contribution in [2.24, 2.45) is 0 Å². The number of amides is 1. The van der Waals surface area contributed by atoms with Gasteiger partial charge in [-0.1, -0.05) is 50.1 Å². The zero-order valence-corrected chi connectivity index (χ0v) is 12.2. The Morgan fingerprint density at radius 3 is 2.86 bits per heavy atom. The molecule has 1 heterocycles. The quantitative estimate of drug-likeness (QED) is 0.758. The average Bonchev–Trinajstić information content (AvgIpc) is 2.99. The number of nitrogens with zero attached hydrogens (tertiary/aromatic N) is 1. The van der Waals surface area contributed by atoms with E-state index in [1.165, 1.54) is 6.07 Å². The first-order chi connectivity index (χ1) is 10.3. The lowest BCUT2D eigenvalue weighted by Gasteiger charge is -2.01. The van der Waals surface area contributed by atoms with Crippen LogP contribution in [0.3, 0.4) is 0 Å². The fraction of sp³-hybridized carbons (Fsp3) is 0.375. The van der Waals surface area contributed by atoms with Gasteiger partial charge in [0.05, 0.1) is 6.07 Å². The van der Waals surface area contributed by atoms with Crippen LogP contribution >= 0.6 is 0 Å². The summed E-state index contributed by atoms with van der Waals surface area (Å²) in [7, 11) is 0. The van der Waals surface area contributed by atoms with Gasteiger partial charge in [-0.15, -0.1) is 0 Å². The summed E-state index contributed by atoms with van der Waals surface area (Å²) in [5, 5.41) is 6.53. The Morgan fingerprint density at radius 2 is 2.10 bits per heavy atom. The summed E-state index contributed by atoms with van der Waals surface area (Å²) in [5.41, 5.74) is 1.03. The number of hydrogen-bond acceptors (Lipinski definition) is 4. The van der Waals surface area contributed by atoms with Crippen molar-refractivity contribution >= 4 is 5.91 Å². The number of carbonyl (C=O) groups is 1. The maximum absolute atomic E-state index is 11.8. The van der Waals surface area contributed by atoms with Crippen LogP contribution in [0.5, 0.6) is 5.88 Å². The fourth-order valence-electron chi connectivity index (χ4n) is 1.83. The molecule has 5 heteroatoms. The van der Waals surface area contributed by atoms with Crippen molar-refractivity contribution in [1.82, 2.24) is 10.5 Å². The Balaban J connectivity index is 1.79. The molecule has 0 fully saturated rings. The summed E-state index contributed by atoms with van der Waals surface area (Å²) in [4.78, 5) is 11.8. The highest BCUT2D eigenvalue weighted by Gasteiger charge is 2.13. The fourth-order valence-corrected chi connectivity index (χ4v) is 1.83. The largest absolute Gasteiger partial charge is 0.471 e. The van der Waals surface area contributed by atoms with Crippen LogP contribution < -0.4 is 10.1 Å². The van der Waals surface area contributed by atoms with Gasteiger partial charge in [-0.25, -0.2) is 0 Å². The van der Waals surface area contributed by atoms with E-state index in [0.29, 0.717) is 19.0 Å². The number of benzene rings is 1. The van der Waals surface area contributed by atoms with Crippen LogP contribution in [0.25, 0.3) is 0 Å². The normalized spacial score (nSPS) is 10.3. The third-order valence-electron chi connectivity index (χ3n) is 3.01. The van der Waals surface area contributed by atoms with Crippen molar-refractivity contribution in [3.05, 3.63) is 47.7 Å². The van der Waals surface area contributed by atoms with Gasteiger partial charge in [-0.3, -0.25) is 4.79 Å². The van der Waals surface area contributed by atoms with Gasteiger partial charge >= 0.3 is 0 Å². The van der Waals surface area contributed by atoms with E-state index in [0.717, 1.165) is 24.8 Å². The van der Waals surface area contributed by atoms with Gasteiger partial charge in [0.2, 0.25) is 5.76 Å². The molecular weight excluding hydrogens is 268 g/mol. The van der Waals surface area contributed by atoms with E-state index in [9.17, 15) is 4.79 Å². The highest BCUT2D eigenvalue weighted by Crippen LogP contribution is 2.13. The second-order valence-corrected chi connectivity index (χ2v) is 4.77. The molecule has 0 aliphatic rings. The van der Waals surface area contributed by atoms with Crippen molar-refractivity contribution < 1.29 is 14.1 Å². The van der Waals surface area contributed by atoms with Crippen molar-refractivity contribution in [2.45, 2.75) is 32.8 Å². The molecule has 21 heavy (non-hydrogen) atoms. The maximum atomic E-state index is 11.8. The highest BCUT2D eigenvalue weighted by atomic mass is 16.5. The first-order valence-corrected chi connectivity index (χ1v) is 7.21. The molecule has 0 saturated heterocycles. The molecule has 1 aromatic heterocycles. The standard InChI is InChI=1S/C16H20N2O3/c1-2-3-7-10-17-16(19)14-11-15(18-21-14)20-12-13-8-5-4-6-9-13/h4-6,8-9,11H,2-3,7,10,12H2,1H3,(H,17,19). The van der Waals surface area contributed by atoms with E-state index in [1.54, 1.807) is 0 Å². The molecule has 112 valence electrons. The predicted molar refractivity (Wildman–Crippen MR) is 79.1 cm³/mol. The minimum atomic E-state index is -0.256. The van der Waals surface area contributed by atoms with E-state index in [-0.39, 0.29) is 11.7 Å². The molecule has 0 bridgehead atoms. The van der Waals surface area contributed by atoms with E-state index < -0.39 is 0 Å². The van der Waals surface area contributed by atoms with Crippen LogP contribution in [-0.2, 0) is 6.61 Å². The second kappa shape index (κ2) is 8.09. The van der Waals surface area contributed by atoms with Gasteiger partial charge in [-0.05, 0) is 17.1 Å². The third-order valence-corrected chi connectivity index (χ3v) is 3.01. The molecule has 2 aromatic rings. The van der Waals surface area contributed by atoms with Crippen LogP contribution in [0.15, 0.2) is 40.9 Å². The summed E-state index contributed by atoms with van der Waals surface area (Å²) in [6.07, 6.45) is 3.19. The minimum Gasteiger partial charge on any atom is -0.471 e. The van der Waals surface area contributed by atoms with Crippen molar-refractivity contribution in [3.63, 3.8) is 0 Å². The van der Waals surface area contributed by atoms with Gasteiger partial charge in [-0.2, -0.15) is 0 Å². The molecule has 0 aliphatic heterocycles. The lowest BCUT2D eigenvalue weighted by Crippen LogP contribution is -2.23. The molecule has 5 nitrogen and oxygen atoms in total. The average molecular weight is 288 g/mol. The predicted octanol–water partition coefficient (Wildman–Crippen LogP) is 3.17. The molecule has 1 N–H and O–H groups in total. The molecule has 0 aliphatic carbocycles. The van der Waals surface area contributed by atoms with Gasteiger partial charge in [0.25, 0.3) is 11.8 Å². The van der Waals surface area contributed by atoms with Crippen LogP contribution in [0.4, 0.5) is 0 Å². The highest BCUT2D eigenvalue weighted by molar-refractivity contribution is 5.91. The lowest BCUT2D eigenvalue weighted by molar-refractivity contribution is 0.0915. The molecule has 1 aromatic carbocycles. The van der Waals surface area contributed by atoms with E-state index in [2.05, 4.69) is 17.4 Å². The van der Waals surface area contributed by atoms with E-state index >= 15 is 0 Å². The molecule has 0 unspecified atom stereocenters. The van der Waals surface area contributed by atoms with Gasteiger partial charge < -0.3 is 14.6 Å². The van der Waals surface area contributed by atoms with Crippen molar-refractivity contribution in [2.75, 3.05) is 6.54 Å². The van der Waals surface area contributed by atoms with Crippen LogP contribution in [-0.4, -0.2) is 17.6 Å². The van der Waals surface area contributed by atoms with Crippen LogP contribution in [0.1, 0.15) is 42.3 Å².